The van der Waals surface area contributed by atoms with Crippen LogP contribution in [0, 0.1) is 0 Å². The van der Waals surface area contributed by atoms with Crippen molar-refractivity contribution in [3.8, 4) is 0 Å². The van der Waals surface area contributed by atoms with Gasteiger partial charge in [0.25, 0.3) is 5.91 Å². The number of hydrazone groups is 1. The molecule has 138 valence electrons. The zero-order valence-electron chi connectivity index (χ0n) is 15.6. The van der Waals surface area contributed by atoms with Gasteiger partial charge in [-0.25, -0.2) is 4.99 Å². The van der Waals surface area contributed by atoms with Crippen LogP contribution in [-0.2, 0) is 4.79 Å². The molecule has 0 unspecified atom stereocenters. The maximum atomic E-state index is 13.1. The first-order valence-corrected chi connectivity index (χ1v) is 8.88. The van der Waals surface area contributed by atoms with Crippen LogP contribution in [-0.4, -0.2) is 36.4 Å². The van der Waals surface area contributed by atoms with Crippen molar-refractivity contribution in [3.63, 3.8) is 0 Å². The third-order valence-electron chi connectivity index (χ3n) is 4.36. The predicted octanol–water partition coefficient (Wildman–Crippen LogP) is 3.67. The van der Waals surface area contributed by atoms with Gasteiger partial charge in [-0.05, 0) is 48.5 Å². The van der Waals surface area contributed by atoms with Gasteiger partial charge in [-0.15, -0.1) is 0 Å². The standard InChI is InChI=1S/C22H19N5O/c1-26(2)18-12-10-17(11-13-18)24-21-20(16-7-6-14-23-15-16)25-27(22(21)28)19-8-4-3-5-9-19/h3-15H,1-2H3. The fraction of sp³-hybridized carbons (Fsp3) is 0.0909. The van der Waals surface area contributed by atoms with Crippen LogP contribution in [0.1, 0.15) is 5.56 Å². The van der Waals surface area contributed by atoms with Crippen molar-refractivity contribution < 1.29 is 4.79 Å². The Kier molecular flexibility index (Phi) is 4.68. The number of pyridine rings is 1. The summed E-state index contributed by atoms with van der Waals surface area (Å²) >= 11 is 0. The number of anilines is 2. The van der Waals surface area contributed by atoms with E-state index >= 15 is 0 Å². The van der Waals surface area contributed by atoms with E-state index in [1.165, 1.54) is 5.01 Å². The summed E-state index contributed by atoms with van der Waals surface area (Å²) in [6, 6.07) is 20.7. The minimum absolute atomic E-state index is 0.262. The van der Waals surface area contributed by atoms with E-state index in [-0.39, 0.29) is 5.91 Å². The molecule has 28 heavy (non-hydrogen) atoms. The summed E-state index contributed by atoms with van der Waals surface area (Å²) in [6.07, 6.45) is 3.37. The van der Waals surface area contributed by atoms with Crippen molar-refractivity contribution >= 4 is 34.4 Å². The molecule has 1 amide bonds. The van der Waals surface area contributed by atoms with Crippen molar-refractivity contribution in [2.24, 2.45) is 10.1 Å². The number of carbonyl (C=O) groups is 1. The van der Waals surface area contributed by atoms with Crippen molar-refractivity contribution in [3.05, 3.63) is 84.7 Å². The van der Waals surface area contributed by atoms with Crippen molar-refractivity contribution in [1.82, 2.24) is 4.98 Å². The lowest BCUT2D eigenvalue weighted by Gasteiger charge is -2.12. The molecule has 0 radical (unpaired) electrons. The Balaban J connectivity index is 1.77. The first-order valence-electron chi connectivity index (χ1n) is 8.88. The topological polar surface area (TPSA) is 61.2 Å². The first kappa shape index (κ1) is 17.6. The summed E-state index contributed by atoms with van der Waals surface area (Å²) in [5, 5.41) is 5.94. The zero-order chi connectivity index (χ0) is 19.5. The molecule has 0 aliphatic carbocycles. The molecule has 0 bridgehead atoms. The SMILES string of the molecule is CN(C)c1ccc(N=C2C(=O)N(c3ccccc3)N=C2c2cccnc2)cc1. The van der Waals surface area contributed by atoms with Gasteiger partial charge in [0.05, 0.1) is 11.4 Å². The van der Waals surface area contributed by atoms with E-state index in [0.29, 0.717) is 22.8 Å². The maximum Gasteiger partial charge on any atom is 0.299 e. The average Bonchev–Trinajstić information content (AvgIpc) is 3.06. The number of aliphatic imine (C=N–C) groups is 1. The summed E-state index contributed by atoms with van der Waals surface area (Å²) in [4.78, 5) is 23.9. The molecule has 1 aliphatic rings. The summed E-state index contributed by atoms with van der Waals surface area (Å²) in [5.41, 5.74) is 4.02. The van der Waals surface area contributed by atoms with E-state index < -0.39 is 0 Å². The van der Waals surface area contributed by atoms with Gasteiger partial charge < -0.3 is 4.90 Å². The molecule has 3 aromatic rings. The number of rotatable bonds is 4. The van der Waals surface area contributed by atoms with Gasteiger partial charge in [0.2, 0.25) is 0 Å². The predicted molar refractivity (Wildman–Crippen MR) is 113 cm³/mol. The van der Waals surface area contributed by atoms with Crippen LogP contribution in [0.3, 0.4) is 0 Å². The molecule has 0 N–H and O–H groups in total. The third-order valence-corrected chi connectivity index (χ3v) is 4.36. The van der Waals surface area contributed by atoms with E-state index in [2.05, 4.69) is 15.1 Å². The molecular formula is C22H19N5O. The molecule has 4 rings (SSSR count). The van der Waals surface area contributed by atoms with Gasteiger partial charge in [-0.2, -0.15) is 10.1 Å². The molecule has 0 saturated heterocycles. The highest BCUT2D eigenvalue weighted by atomic mass is 16.2. The van der Waals surface area contributed by atoms with Gasteiger partial charge in [-0.3, -0.25) is 9.78 Å². The van der Waals surface area contributed by atoms with Crippen LogP contribution in [0.2, 0.25) is 0 Å². The number of para-hydroxylation sites is 1. The fourth-order valence-electron chi connectivity index (χ4n) is 2.89. The Morgan fingerprint density at radius 2 is 1.68 bits per heavy atom. The summed E-state index contributed by atoms with van der Waals surface area (Å²) in [6.45, 7) is 0. The highest BCUT2D eigenvalue weighted by Crippen LogP contribution is 2.24. The second-order valence-corrected chi connectivity index (χ2v) is 6.51. The van der Waals surface area contributed by atoms with E-state index in [4.69, 9.17) is 0 Å². The zero-order valence-corrected chi connectivity index (χ0v) is 15.6. The van der Waals surface area contributed by atoms with Crippen LogP contribution in [0.15, 0.2) is 89.2 Å². The van der Waals surface area contributed by atoms with Gasteiger partial charge in [0.1, 0.15) is 5.71 Å². The average molecular weight is 369 g/mol. The second kappa shape index (κ2) is 7.44. The first-order chi connectivity index (χ1) is 13.6. The molecular weight excluding hydrogens is 350 g/mol. The van der Waals surface area contributed by atoms with Crippen molar-refractivity contribution in [2.45, 2.75) is 0 Å². The van der Waals surface area contributed by atoms with Crippen LogP contribution in [0.4, 0.5) is 17.1 Å². The summed E-state index contributed by atoms with van der Waals surface area (Å²) < 4.78 is 0. The molecule has 2 heterocycles. The van der Waals surface area contributed by atoms with E-state index in [9.17, 15) is 4.79 Å². The molecule has 1 aromatic heterocycles. The lowest BCUT2D eigenvalue weighted by Crippen LogP contribution is -2.27. The normalized spacial score (nSPS) is 15.1. The Morgan fingerprint density at radius 1 is 0.929 bits per heavy atom. The van der Waals surface area contributed by atoms with E-state index in [1.54, 1.807) is 12.4 Å². The number of nitrogens with zero attached hydrogens (tertiary/aromatic N) is 5. The lowest BCUT2D eigenvalue weighted by molar-refractivity contribution is -0.112. The Hall–Kier alpha value is -3.80. The minimum Gasteiger partial charge on any atom is -0.378 e. The van der Waals surface area contributed by atoms with E-state index in [1.807, 2.05) is 85.7 Å². The van der Waals surface area contributed by atoms with Crippen LogP contribution < -0.4 is 9.91 Å². The van der Waals surface area contributed by atoms with Gasteiger partial charge in [0.15, 0.2) is 5.71 Å². The Bertz CT molecular complexity index is 1040. The highest BCUT2D eigenvalue weighted by Gasteiger charge is 2.33. The number of amides is 1. The number of aromatic nitrogens is 1. The summed E-state index contributed by atoms with van der Waals surface area (Å²) in [7, 11) is 3.96. The number of hydrogen-bond donors (Lipinski definition) is 0. The molecule has 6 heteroatoms. The lowest BCUT2D eigenvalue weighted by atomic mass is 10.1. The fourth-order valence-corrected chi connectivity index (χ4v) is 2.89. The van der Waals surface area contributed by atoms with Crippen LogP contribution in [0.5, 0.6) is 0 Å². The molecule has 6 nitrogen and oxygen atoms in total. The van der Waals surface area contributed by atoms with Gasteiger partial charge in [-0.1, -0.05) is 18.2 Å². The largest absolute Gasteiger partial charge is 0.378 e. The van der Waals surface area contributed by atoms with Gasteiger partial charge in [0, 0.05) is 37.7 Å². The van der Waals surface area contributed by atoms with Crippen LogP contribution in [0.25, 0.3) is 0 Å². The highest BCUT2D eigenvalue weighted by molar-refractivity contribution is 6.74. The Morgan fingerprint density at radius 3 is 2.32 bits per heavy atom. The smallest absolute Gasteiger partial charge is 0.299 e. The number of hydrogen-bond acceptors (Lipinski definition) is 5. The molecule has 0 fully saturated rings. The number of benzene rings is 2. The second-order valence-electron chi connectivity index (χ2n) is 6.51. The third kappa shape index (κ3) is 3.40. The quantitative estimate of drug-likeness (QED) is 0.705. The number of carbonyl (C=O) groups excluding carboxylic acids is 1. The molecule has 1 aliphatic heterocycles. The van der Waals surface area contributed by atoms with Crippen LogP contribution >= 0.6 is 0 Å². The molecule has 0 spiro atoms. The van der Waals surface area contributed by atoms with Gasteiger partial charge >= 0.3 is 0 Å². The summed E-state index contributed by atoms with van der Waals surface area (Å²) in [5.74, 6) is -0.262. The minimum atomic E-state index is -0.262. The molecule has 0 saturated carbocycles. The van der Waals surface area contributed by atoms with E-state index in [0.717, 1.165) is 11.3 Å². The Labute approximate surface area is 163 Å². The maximum absolute atomic E-state index is 13.1. The molecule has 0 atom stereocenters. The monoisotopic (exact) mass is 369 g/mol. The molecule has 2 aromatic carbocycles. The van der Waals surface area contributed by atoms with Crippen molar-refractivity contribution in [2.75, 3.05) is 24.0 Å². The van der Waals surface area contributed by atoms with Crippen molar-refractivity contribution in [1.29, 1.82) is 0 Å².